The molecular weight excluding hydrogens is 506 g/mol. The van der Waals surface area contributed by atoms with Crippen LogP contribution in [-0.2, 0) is 0 Å². The maximum atomic E-state index is 13.2. The van der Waals surface area contributed by atoms with E-state index in [2.05, 4.69) is 26.0 Å². The molecule has 0 aliphatic heterocycles. The first kappa shape index (κ1) is 21.3. The van der Waals surface area contributed by atoms with E-state index in [9.17, 15) is 25.0 Å². The fourth-order valence-electron chi connectivity index (χ4n) is 2.66. The van der Waals surface area contributed by atoms with E-state index in [0.717, 1.165) is 32.5 Å². The molecule has 13 heteroatoms. The lowest BCUT2D eigenvalue weighted by Gasteiger charge is -2.13. The van der Waals surface area contributed by atoms with E-state index in [1.807, 2.05) is 6.07 Å². The number of hydrazone groups is 1. The standard InChI is InChI=1S/C19H10BrN5O6S/c20-12-4-6-15-16(9-12)32-19(22-15)23(21-10-14-5-7-17(31-14)25(29)30)18(26)11-2-1-3-13(8-11)24(27)28/h1-10H/b21-10+. The number of hydrogen-bond acceptors (Lipinski definition) is 9. The minimum absolute atomic E-state index is 0.0159. The average molecular weight is 516 g/mol. The van der Waals surface area contributed by atoms with Crippen LogP contribution in [0.4, 0.5) is 16.7 Å². The van der Waals surface area contributed by atoms with Gasteiger partial charge in [0.25, 0.3) is 11.6 Å². The number of furan rings is 1. The first-order chi connectivity index (χ1) is 15.3. The Kier molecular flexibility index (Phi) is 5.75. The Hall–Kier alpha value is -3.97. The van der Waals surface area contributed by atoms with Gasteiger partial charge in [-0.05, 0) is 30.3 Å². The van der Waals surface area contributed by atoms with Crippen molar-refractivity contribution in [3.05, 3.63) is 90.6 Å². The number of carbonyl (C=O) groups is 1. The minimum Gasteiger partial charge on any atom is -0.400 e. The number of amides is 1. The monoisotopic (exact) mass is 515 g/mol. The molecule has 0 N–H and O–H groups in total. The molecule has 0 saturated carbocycles. The van der Waals surface area contributed by atoms with E-state index in [4.69, 9.17) is 4.42 Å². The maximum Gasteiger partial charge on any atom is 0.433 e. The van der Waals surface area contributed by atoms with E-state index in [-0.39, 0.29) is 22.1 Å². The number of nitro benzene ring substituents is 1. The van der Waals surface area contributed by atoms with Crippen molar-refractivity contribution >= 4 is 66.3 Å². The molecule has 2 aromatic heterocycles. The Morgan fingerprint density at radius 3 is 2.66 bits per heavy atom. The van der Waals surface area contributed by atoms with E-state index in [0.29, 0.717) is 5.52 Å². The second kappa shape index (κ2) is 8.64. The molecular formula is C19H10BrN5O6S. The Morgan fingerprint density at radius 2 is 1.94 bits per heavy atom. The van der Waals surface area contributed by atoms with Crippen molar-refractivity contribution in [1.29, 1.82) is 0 Å². The molecule has 0 aliphatic rings. The number of fused-ring (bicyclic) bond motifs is 1. The van der Waals surface area contributed by atoms with Gasteiger partial charge in [0, 0.05) is 22.2 Å². The van der Waals surface area contributed by atoms with E-state index in [1.165, 1.54) is 35.6 Å². The first-order valence-electron chi connectivity index (χ1n) is 8.75. The molecule has 0 unspecified atom stereocenters. The normalized spacial score (nSPS) is 11.2. The van der Waals surface area contributed by atoms with Gasteiger partial charge in [0.15, 0.2) is 5.76 Å². The second-order valence-corrected chi connectivity index (χ2v) is 8.14. The highest BCUT2D eigenvalue weighted by molar-refractivity contribution is 9.10. The van der Waals surface area contributed by atoms with Crippen LogP contribution in [0.5, 0.6) is 0 Å². The zero-order valence-corrected chi connectivity index (χ0v) is 18.1. The number of thiazole rings is 1. The molecule has 160 valence electrons. The van der Waals surface area contributed by atoms with Gasteiger partial charge in [0.05, 0.1) is 27.4 Å². The highest BCUT2D eigenvalue weighted by Crippen LogP contribution is 2.32. The molecule has 0 bridgehead atoms. The van der Waals surface area contributed by atoms with Crippen LogP contribution in [0, 0.1) is 20.2 Å². The van der Waals surface area contributed by atoms with Crippen molar-refractivity contribution in [2.75, 3.05) is 5.01 Å². The fraction of sp³-hybridized carbons (Fsp3) is 0. The summed E-state index contributed by atoms with van der Waals surface area (Å²) in [4.78, 5) is 38.2. The molecule has 0 radical (unpaired) electrons. The van der Waals surface area contributed by atoms with E-state index in [1.54, 1.807) is 12.1 Å². The Morgan fingerprint density at radius 1 is 1.12 bits per heavy atom. The highest BCUT2D eigenvalue weighted by Gasteiger charge is 2.23. The lowest BCUT2D eigenvalue weighted by molar-refractivity contribution is -0.402. The number of aromatic nitrogens is 1. The molecule has 0 atom stereocenters. The zero-order chi connectivity index (χ0) is 22.8. The molecule has 0 aliphatic carbocycles. The van der Waals surface area contributed by atoms with E-state index < -0.39 is 21.6 Å². The van der Waals surface area contributed by atoms with Crippen LogP contribution in [0.1, 0.15) is 16.1 Å². The predicted molar refractivity (Wildman–Crippen MR) is 120 cm³/mol. The molecule has 32 heavy (non-hydrogen) atoms. The number of carbonyl (C=O) groups excluding carboxylic acids is 1. The number of hydrogen-bond donors (Lipinski definition) is 0. The summed E-state index contributed by atoms with van der Waals surface area (Å²) in [5.41, 5.74) is 0.380. The molecule has 0 fully saturated rings. The average Bonchev–Trinajstić information content (AvgIpc) is 3.40. The number of rotatable bonds is 6. The van der Waals surface area contributed by atoms with Gasteiger partial charge in [-0.3, -0.25) is 25.0 Å². The third kappa shape index (κ3) is 4.38. The van der Waals surface area contributed by atoms with Crippen LogP contribution in [0.15, 0.2) is 68.6 Å². The van der Waals surface area contributed by atoms with Gasteiger partial charge in [-0.25, -0.2) is 4.98 Å². The van der Waals surface area contributed by atoms with Crippen molar-refractivity contribution in [3.8, 4) is 0 Å². The number of anilines is 1. The van der Waals surface area contributed by atoms with Gasteiger partial charge in [0.1, 0.15) is 4.92 Å². The van der Waals surface area contributed by atoms with Gasteiger partial charge in [0.2, 0.25) is 5.13 Å². The number of non-ortho nitro benzene ring substituents is 1. The summed E-state index contributed by atoms with van der Waals surface area (Å²) in [5, 5.41) is 27.2. The third-order valence-electron chi connectivity index (χ3n) is 4.11. The van der Waals surface area contributed by atoms with Crippen molar-refractivity contribution in [1.82, 2.24) is 4.98 Å². The summed E-state index contributed by atoms with van der Waals surface area (Å²) in [7, 11) is 0. The van der Waals surface area contributed by atoms with Crippen LogP contribution < -0.4 is 5.01 Å². The minimum atomic E-state index is -0.700. The SMILES string of the molecule is O=C(c1cccc([N+](=O)[O-])c1)N(/N=C/c1ccc([N+](=O)[O-])o1)c1nc2ccc(Br)cc2s1. The second-order valence-electron chi connectivity index (χ2n) is 6.21. The predicted octanol–water partition coefficient (Wildman–Crippen LogP) is 5.15. The van der Waals surface area contributed by atoms with Crippen LogP contribution in [0.3, 0.4) is 0 Å². The summed E-state index contributed by atoms with van der Waals surface area (Å²) in [5.74, 6) is -1.12. The first-order valence-corrected chi connectivity index (χ1v) is 10.4. The van der Waals surface area contributed by atoms with Crippen LogP contribution >= 0.6 is 27.3 Å². The molecule has 4 aromatic rings. The summed E-state index contributed by atoms with van der Waals surface area (Å²) in [6, 6.07) is 13.1. The Balaban J connectivity index is 1.76. The van der Waals surface area contributed by atoms with Crippen molar-refractivity contribution in [3.63, 3.8) is 0 Å². The van der Waals surface area contributed by atoms with Gasteiger partial charge >= 0.3 is 5.88 Å². The lowest BCUT2D eigenvalue weighted by atomic mass is 10.2. The van der Waals surface area contributed by atoms with Gasteiger partial charge in [-0.2, -0.15) is 10.1 Å². The topological polar surface area (TPSA) is 145 Å². The van der Waals surface area contributed by atoms with Crippen molar-refractivity contribution in [2.24, 2.45) is 5.10 Å². The van der Waals surface area contributed by atoms with Crippen molar-refractivity contribution < 1.29 is 19.1 Å². The maximum absolute atomic E-state index is 13.2. The van der Waals surface area contributed by atoms with E-state index >= 15 is 0 Å². The third-order valence-corrected chi connectivity index (χ3v) is 5.60. The summed E-state index contributed by atoms with van der Waals surface area (Å²) >= 11 is 4.55. The molecule has 0 spiro atoms. The fourth-order valence-corrected chi connectivity index (χ4v) is 4.14. The Labute approximate surface area is 191 Å². The van der Waals surface area contributed by atoms with Crippen LogP contribution in [-0.4, -0.2) is 27.0 Å². The number of nitro groups is 2. The summed E-state index contributed by atoms with van der Waals surface area (Å²) in [6.07, 6.45) is 1.13. The molecule has 2 aromatic carbocycles. The summed E-state index contributed by atoms with van der Waals surface area (Å²) in [6.45, 7) is 0. The largest absolute Gasteiger partial charge is 0.433 e. The molecule has 1 amide bonds. The molecule has 2 heterocycles. The zero-order valence-electron chi connectivity index (χ0n) is 15.7. The number of halogens is 1. The summed E-state index contributed by atoms with van der Waals surface area (Å²) < 4.78 is 6.64. The van der Waals surface area contributed by atoms with Gasteiger partial charge in [-0.1, -0.05) is 33.3 Å². The molecule has 4 rings (SSSR count). The Bertz CT molecular complexity index is 1400. The van der Waals surface area contributed by atoms with Gasteiger partial charge in [-0.15, -0.1) is 0 Å². The number of nitrogens with zero attached hydrogens (tertiary/aromatic N) is 5. The molecule has 11 nitrogen and oxygen atoms in total. The quantitative estimate of drug-likeness (QED) is 0.196. The lowest BCUT2D eigenvalue weighted by Crippen LogP contribution is -2.25. The number of benzene rings is 2. The van der Waals surface area contributed by atoms with Crippen LogP contribution in [0.2, 0.25) is 0 Å². The van der Waals surface area contributed by atoms with Crippen LogP contribution in [0.25, 0.3) is 10.2 Å². The van der Waals surface area contributed by atoms with Gasteiger partial charge < -0.3 is 4.42 Å². The smallest absolute Gasteiger partial charge is 0.400 e. The van der Waals surface area contributed by atoms with Crippen molar-refractivity contribution in [2.45, 2.75) is 0 Å². The molecule has 0 saturated heterocycles. The highest BCUT2D eigenvalue weighted by atomic mass is 79.9.